The highest BCUT2D eigenvalue weighted by molar-refractivity contribution is 5.73. The van der Waals surface area contributed by atoms with Gasteiger partial charge >= 0.3 is 6.18 Å². The van der Waals surface area contributed by atoms with Crippen LogP contribution in [0.25, 0.3) is 0 Å². The lowest BCUT2D eigenvalue weighted by Crippen LogP contribution is -2.37. The van der Waals surface area contributed by atoms with Crippen molar-refractivity contribution in [3.8, 4) is 0 Å². The Kier molecular flexibility index (Phi) is 4.29. The SMILES string of the molecule is CC(C)N(C[C@H]1COC(N)=N1)c1ccc(C(F)(F)F)cc1. The number of hydrogen-bond donors (Lipinski definition) is 1. The van der Waals surface area contributed by atoms with Crippen molar-refractivity contribution in [3.63, 3.8) is 0 Å². The number of amidine groups is 1. The first-order chi connectivity index (χ1) is 9.77. The van der Waals surface area contributed by atoms with Gasteiger partial charge in [0.05, 0.1) is 5.56 Å². The van der Waals surface area contributed by atoms with E-state index in [1.54, 1.807) is 0 Å². The molecule has 1 heterocycles. The summed E-state index contributed by atoms with van der Waals surface area (Å²) in [5, 5.41) is 0. The first-order valence-electron chi connectivity index (χ1n) is 6.67. The second kappa shape index (κ2) is 5.83. The van der Waals surface area contributed by atoms with Gasteiger partial charge in [0.25, 0.3) is 6.02 Å². The molecule has 116 valence electrons. The standard InChI is InChI=1S/C14H18F3N3O/c1-9(2)20(7-11-8-21-13(18)19-11)12-5-3-10(4-6-12)14(15,16)17/h3-6,9,11H,7-8H2,1-2H3,(H2,18,19)/t11-/m0/s1. The molecule has 4 nitrogen and oxygen atoms in total. The van der Waals surface area contributed by atoms with E-state index >= 15 is 0 Å². The highest BCUT2D eigenvalue weighted by Crippen LogP contribution is 2.31. The van der Waals surface area contributed by atoms with Gasteiger partial charge in [-0.3, -0.25) is 0 Å². The third-order valence-corrected chi connectivity index (χ3v) is 3.29. The van der Waals surface area contributed by atoms with E-state index < -0.39 is 11.7 Å². The molecule has 0 bridgehead atoms. The number of hydrogen-bond acceptors (Lipinski definition) is 4. The van der Waals surface area contributed by atoms with Crippen LogP contribution in [0, 0.1) is 0 Å². The quantitative estimate of drug-likeness (QED) is 0.930. The number of alkyl halides is 3. The van der Waals surface area contributed by atoms with Crippen molar-refractivity contribution in [1.82, 2.24) is 0 Å². The molecule has 0 unspecified atom stereocenters. The van der Waals surface area contributed by atoms with Gasteiger partial charge in [0.15, 0.2) is 0 Å². The van der Waals surface area contributed by atoms with E-state index in [0.717, 1.165) is 17.8 Å². The Morgan fingerprint density at radius 3 is 2.38 bits per heavy atom. The van der Waals surface area contributed by atoms with Crippen molar-refractivity contribution in [2.45, 2.75) is 32.1 Å². The fourth-order valence-electron chi connectivity index (χ4n) is 2.21. The van der Waals surface area contributed by atoms with E-state index in [1.807, 2.05) is 18.7 Å². The Balaban J connectivity index is 2.15. The van der Waals surface area contributed by atoms with E-state index in [2.05, 4.69) is 4.99 Å². The summed E-state index contributed by atoms with van der Waals surface area (Å²) in [5.74, 6) is 0. The molecule has 2 N–H and O–H groups in total. The summed E-state index contributed by atoms with van der Waals surface area (Å²) < 4.78 is 42.9. The molecule has 0 spiro atoms. The normalized spacial score (nSPS) is 18.6. The molecule has 0 radical (unpaired) electrons. The van der Waals surface area contributed by atoms with Gasteiger partial charge in [0, 0.05) is 18.3 Å². The average Bonchev–Trinajstić information content (AvgIpc) is 2.80. The number of nitrogens with zero attached hydrogens (tertiary/aromatic N) is 2. The molecular formula is C14H18F3N3O. The van der Waals surface area contributed by atoms with Gasteiger partial charge in [-0.2, -0.15) is 13.2 Å². The number of rotatable bonds is 4. The predicted octanol–water partition coefficient (Wildman–Crippen LogP) is 2.63. The van der Waals surface area contributed by atoms with Crippen molar-refractivity contribution in [2.75, 3.05) is 18.1 Å². The molecule has 21 heavy (non-hydrogen) atoms. The first kappa shape index (κ1) is 15.5. The van der Waals surface area contributed by atoms with Crippen LogP contribution in [-0.2, 0) is 10.9 Å². The van der Waals surface area contributed by atoms with Crippen LogP contribution in [0.1, 0.15) is 19.4 Å². The fourth-order valence-corrected chi connectivity index (χ4v) is 2.21. The summed E-state index contributed by atoms with van der Waals surface area (Å²) in [6.07, 6.45) is -4.32. The molecule has 2 rings (SSSR count). The lowest BCUT2D eigenvalue weighted by atomic mass is 10.1. The Bertz CT molecular complexity index is 511. The lowest BCUT2D eigenvalue weighted by Gasteiger charge is -2.30. The highest BCUT2D eigenvalue weighted by Gasteiger charge is 2.30. The minimum atomic E-state index is -4.32. The monoisotopic (exact) mass is 301 g/mol. The third kappa shape index (κ3) is 3.80. The van der Waals surface area contributed by atoms with Gasteiger partial charge in [0.2, 0.25) is 0 Å². The summed E-state index contributed by atoms with van der Waals surface area (Å²) >= 11 is 0. The zero-order valence-electron chi connectivity index (χ0n) is 11.9. The highest BCUT2D eigenvalue weighted by atomic mass is 19.4. The van der Waals surface area contributed by atoms with E-state index in [-0.39, 0.29) is 18.1 Å². The molecule has 1 aromatic rings. The Morgan fingerprint density at radius 1 is 1.33 bits per heavy atom. The summed E-state index contributed by atoms with van der Waals surface area (Å²) in [4.78, 5) is 6.13. The molecule has 7 heteroatoms. The van der Waals surface area contributed by atoms with Crippen LogP contribution < -0.4 is 10.6 Å². The number of aliphatic imine (C=N–C) groups is 1. The summed E-state index contributed by atoms with van der Waals surface area (Å²) in [6.45, 7) is 4.89. The molecule has 0 aliphatic carbocycles. The average molecular weight is 301 g/mol. The molecule has 0 saturated carbocycles. The maximum atomic E-state index is 12.6. The van der Waals surface area contributed by atoms with E-state index in [9.17, 15) is 13.2 Å². The summed E-state index contributed by atoms with van der Waals surface area (Å²) in [7, 11) is 0. The molecule has 0 aromatic heterocycles. The maximum Gasteiger partial charge on any atom is 0.416 e. The minimum absolute atomic E-state index is 0.102. The lowest BCUT2D eigenvalue weighted by molar-refractivity contribution is -0.137. The zero-order valence-corrected chi connectivity index (χ0v) is 11.9. The topological polar surface area (TPSA) is 50.9 Å². The minimum Gasteiger partial charge on any atom is -0.463 e. The van der Waals surface area contributed by atoms with Crippen molar-refractivity contribution in [3.05, 3.63) is 29.8 Å². The zero-order chi connectivity index (χ0) is 15.6. The Labute approximate surface area is 121 Å². The van der Waals surface area contributed by atoms with Crippen molar-refractivity contribution >= 4 is 11.7 Å². The van der Waals surface area contributed by atoms with Crippen LogP contribution in [0.4, 0.5) is 18.9 Å². The second-order valence-electron chi connectivity index (χ2n) is 5.22. The maximum absolute atomic E-state index is 12.6. The molecule has 1 aromatic carbocycles. The van der Waals surface area contributed by atoms with Gasteiger partial charge in [-0.25, -0.2) is 4.99 Å². The van der Waals surface area contributed by atoms with Gasteiger partial charge in [-0.15, -0.1) is 0 Å². The fraction of sp³-hybridized carbons (Fsp3) is 0.500. The van der Waals surface area contributed by atoms with Crippen LogP contribution in [-0.4, -0.2) is 31.3 Å². The Morgan fingerprint density at radius 2 is 1.95 bits per heavy atom. The Hall–Kier alpha value is -1.92. The number of benzene rings is 1. The third-order valence-electron chi connectivity index (χ3n) is 3.29. The van der Waals surface area contributed by atoms with Gasteiger partial charge in [0.1, 0.15) is 12.6 Å². The molecule has 1 aliphatic rings. The van der Waals surface area contributed by atoms with E-state index in [1.165, 1.54) is 12.1 Å². The van der Waals surface area contributed by atoms with E-state index in [0.29, 0.717) is 13.2 Å². The van der Waals surface area contributed by atoms with Crippen LogP contribution in [0.2, 0.25) is 0 Å². The molecular weight excluding hydrogens is 283 g/mol. The van der Waals surface area contributed by atoms with Crippen LogP contribution in [0.15, 0.2) is 29.3 Å². The van der Waals surface area contributed by atoms with Gasteiger partial charge in [-0.05, 0) is 38.1 Å². The molecule has 1 aliphatic heterocycles. The number of ether oxygens (including phenoxy) is 1. The first-order valence-corrected chi connectivity index (χ1v) is 6.67. The molecule has 0 saturated heterocycles. The van der Waals surface area contributed by atoms with Gasteiger partial charge in [-0.1, -0.05) is 0 Å². The number of nitrogens with two attached hydrogens (primary N) is 1. The number of anilines is 1. The molecule has 0 amide bonds. The number of halogens is 3. The van der Waals surface area contributed by atoms with Crippen molar-refractivity contribution in [2.24, 2.45) is 10.7 Å². The molecule has 1 atom stereocenters. The molecule has 0 fully saturated rings. The van der Waals surface area contributed by atoms with Crippen LogP contribution >= 0.6 is 0 Å². The van der Waals surface area contributed by atoms with Crippen LogP contribution in [0.5, 0.6) is 0 Å². The van der Waals surface area contributed by atoms with Crippen molar-refractivity contribution in [1.29, 1.82) is 0 Å². The summed E-state index contributed by atoms with van der Waals surface area (Å²) in [6, 6.07) is 5.32. The van der Waals surface area contributed by atoms with Gasteiger partial charge < -0.3 is 15.4 Å². The summed E-state index contributed by atoms with van der Waals surface area (Å²) in [5.41, 5.74) is 5.54. The van der Waals surface area contributed by atoms with Crippen molar-refractivity contribution < 1.29 is 17.9 Å². The smallest absolute Gasteiger partial charge is 0.416 e. The van der Waals surface area contributed by atoms with E-state index in [4.69, 9.17) is 10.5 Å². The second-order valence-corrected chi connectivity index (χ2v) is 5.22. The predicted molar refractivity (Wildman–Crippen MR) is 75.3 cm³/mol. The van der Waals surface area contributed by atoms with Crippen LogP contribution in [0.3, 0.4) is 0 Å². The largest absolute Gasteiger partial charge is 0.463 e.